The van der Waals surface area contributed by atoms with E-state index in [0.29, 0.717) is 6.61 Å². The molecule has 2 atom stereocenters. The van der Waals surface area contributed by atoms with E-state index in [1.54, 1.807) is 20.8 Å². The molecule has 0 aromatic heterocycles. The summed E-state index contributed by atoms with van der Waals surface area (Å²) in [5.74, 6) is -0.698. The van der Waals surface area contributed by atoms with Gasteiger partial charge in [0, 0.05) is 11.7 Å². The van der Waals surface area contributed by atoms with Crippen LogP contribution < -0.4 is 10.6 Å². The Kier molecular flexibility index (Phi) is 6.72. The number of para-hydroxylation sites is 1. The summed E-state index contributed by atoms with van der Waals surface area (Å²) in [5.41, 5.74) is 1.85. The second-order valence-corrected chi connectivity index (χ2v) is 4.94. The molecule has 1 aromatic carbocycles. The molecule has 1 aromatic rings. The molecular formula is C16H24N2O3. The number of carbonyl (C=O) groups is 2. The highest BCUT2D eigenvalue weighted by Crippen LogP contribution is 2.15. The second kappa shape index (κ2) is 8.29. The van der Waals surface area contributed by atoms with Gasteiger partial charge in [0.15, 0.2) is 0 Å². The van der Waals surface area contributed by atoms with Crippen molar-refractivity contribution in [3.63, 3.8) is 0 Å². The third kappa shape index (κ3) is 5.10. The first-order valence-electron chi connectivity index (χ1n) is 7.31. The van der Waals surface area contributed by atoms with Crippen molar-refractivity contribution in [3.8, 4) is 0 Å². The molecule has 0 saturated heterocycles. The van der Waals surface area contributed by atoms with Gasteiger partial charge in [-0.3, -0.25) is 4.79 Å². The van der Waals surface area contributed by atoms with Gasteiger partial charge in [-0.2, -0.15) is 0 Å². The van der Waals surface area contributed by atoms with Crippen molar-refractivity contribution in [3.05, 3.63) is 29.8 Å². The lowest BCUT2D eigenvalue weighted by atomic mass is 10.0. The first kappa shape index (κ1) is 17.0. The van der Waals surface area contributed by atoms with E-state index >= 15 is 0 Å². The number of hydrogen-bond acceptors (Lipinski definition) is 3. The Bertz CT molecular complexity index is 488. The molecule has 0 fully saturated rings. The summed E-state index contributed by atoms with van der Waals surface area (Å²) in [6, 6.07) is 7.02. The third-order valence-electron chi connectivity index (χ3n) is 3.41. The largest absolute Gasteiger partial charge is 0.466 e. The van der Waals surface area contributed by atoms with E-state index in [2.05, 4.69) is 10.6 Å². The van der Waals surface area contributed by atoms with Crippen LogP contribution in [0.15, 0.2) is 24.3 Å². The van der Waals surface area contributed by atoms with Crippen molar-refractivity contribution in [2.75, 3.05) is 11.9 Å². The van der Waals surface area contributed by atoms with Crippen LogP contribution in [0.5, 0.6) is 0 Å². The molecule has 0 bridgehead atoms. The Morgan fingerprint density at radius 3 is 2.48 bits per heavy atom. The fourth-order valence-electron chi connectivity index (χ4n) is 1.92. The fourth-order valence-corrected chi connectivity index (χ4v) is 1.92. The third-order valence-corrected chi connectivity index (χ3v) is 3.41. The number of urea groups is 1. The van der Waals surface area contributed by atoms with Crippen molar-refractivity contribution in [2.24, 2.45) is 5.92 Å². The van der Waals surface area contributed by atoms with E-state index in [-0.39, 0.29) is 18.0 Å². The summed E-state index contributed by atoms with van der Waals surface area (Å²) in [4.78, 5) is 23.6. The van der Waals surface area contributed by atoms with Gasteiger partial charge in [-0.25, -0.2) is 4.79 Å². The Morgan fingerprint density at radius 2 is 1.86 bits per heavy atom. The first-order chi connectivity index (χ1) is 9.99. The summed E-state index contributed by atoms with van der Waals surface area (Å²) < 4.78 is 4.95. The topological polar surface area (TPSA) is 67.4 Å². The van der Waals surface area contributed by atoms with Crippen molar-refractivity contribution in [1.82, 2.24) is 5.32 Å². The van der Waals surface area contributed by atoms with E-state index < -0.39 is 5.92 Å². The molecule has 0 saturated carbocycles. The number of ether oxygens (including phenoxy) is 1. The Hall–Kier alpha value is -2.04. The van der Waals surface area contributed by atoms with Crippen molar-refractivity contribution < 1.29 is 14.3 Å². The maximum absolute atomic E-state index is 12.0. The number of anilines is 1. The zero-order chi connectivity index (χ0) is 15.8. The van der Waals surface area contributed by atoms with Crippen LogP contribution in [-0.4, -0.2) is 24.6 Å². The zero-order valence-electron chi connectivity index (χ0n) is 13.1. The zero-order valence-corrected chi connectivity index (χ0v) is 13.1. The molecule has 2 amide bonds. The van der Waals surface area contributed by atoms with Gasteiger partial charge < -0.3 is 15.4 Å². The number of amides is 2. The highest BCUT2D eigenvalue weighted by Gasteiger charge is 2.22. The van der Waals surface area contributed by atoms with Crippen molar-refractivity contribution >= 4 is 17.7 Å². The van der Waals surface area contributed by atoms with E-state index in [1.807, 2.05) is 31.2 Å². The molecule has 0 heterocycles. The summed E-state index contributed by atoms with van der Waals surface area (Å²) in [7, 11) is 0. The summed E-state index contributed by atoms with van der Waals surface area (Å²) in [6.45, 7) is 7.66. The van der Waals surface area contributed by atoms with Gasteiger partial charge >= 0.3 is 12.0 Å². The number of hydrogen-bond donors (Lipinski definition) is 2. The van der Waals surface area contributed by atoms with Crippen molar-refractivity contribution in [1.29, 1.82) is 0 Å². The van der Waals surface area contributed by atoms with Crippen LogP contribution in [0.25, 0.3) is 0 Å². The van der Waals surface area contributed by atoms with Crippen molar-refractivity contribution in [2.45, 2.75) is 40.2 Å². The fraction of sp³-hybridized carbons (Fsp3) is 0.500. The Balaban J connectivity index is 2.59. The van der Waals surface area contributed by atoms with Gasteiger partial charge in [0.2, 0.25) is 0 Å². The van der Waals surface area contributed by atoms with Crippen LogP contribution in [0.3, 0.4) is 0 Å². The molecule has 2 N–H and O–H groups in total. The van der Waals surface area contributed by atoms with E-state index in [9.17, 15) is 9.59 Å². The smallest absolute Gasteiger partial charge is 0.319 e. The van der Waals surface area contributed by atoms with E-state index in [1.165, 1.54) is 0 Å². The standard InChI is InChI=1S/C16H24N2O3/c1-5-13-9-7-8-10-14(13)18-16(20)17-12(4)11(3)15(19)21-6-2/h7-12H,5-6H2,1-4H3,(H2,17,18,20). The minimum absolute atomic E-state index is 0.306. The van der Waals surface area contributed by atoms with E-state index in [0.717, 1.165) is 17.7 Å². The molecule has 0 spiro atoms. The molecule has 116 valence electrons. The van der Waals surface area contributed by atoms with Crippen LogP contribution >= 0.6 is 0 Å². The quantitative estimate of drug-likeness (QED) is 0.792. The minimum Gasteiger partial charge on any atom is -0.466 e. The number of aryl methyl sites for hydroxylation is 1. The van der Waals surface area contributed by atoms with Crippen LogP contribution in [0, 0.1) is 5.92 Å². The predicted octanol–water partition coefficient (Wildman–Crippen LogP) is 2.96. The molecule has 1 rings (SSSR count). The molecule has 0 aliphatic rings. The summed E-state index contributed by atoms with van der Waals surface area (Å²) in [5, 5.41) is 5.58. The van der Waals surface area contributed by atoms with Gasteiger partial charge in [0.05, 0.1) is 12.5 Å². The molecule has 21 heavy (non-hydrogen) atoms. The summed E-state index contributed by atoms with van der Waals surface area (Å²) in [6.07, 6.45) is 0.839. The van der Waals surface area contributed by atoms with Crippen LogP contribution in [0.4, 0.5) is 10.5 Å². The van der Waals surface area contributed by atoms with E-state index in [4.69, 9.17) is 4.74 Å². The maximum atomic E-state index is 12.0. The molecule has 5 heteroatoms. The van der Waals surface area contributed by atoms with Gasteiger partial charge in [-0.1, -0.05) is 25.1 Å². The lowest BCUT2D eigenvalue weighted by Crippen LogP contribution is -2.42. The molecule has 5 nitrogen and oxygen atoms in total. The second-order valence-electron chi connectivity index (χ2n) is 4.94. The van der Waals surface area contributed by atoms with Gasteiger partial charge in [-0.05, 0) is 38.8 Å². The molecule has 0 aliphatic heterocycles. The first-order valence-corrected chi connectivity index (χ1v) is 7.31. The number of carbonyl (C=O) groups excluding carboxylic acids is 2. The Morgan fingerprint density at radius 1 is 1.19 bits per heavy atom. The SMILES string of the molecule is CCOC(=O)C(C)C(C)NC(=O)Nc1ccccc1CC. The normalized spacial score (nSPS) is 13.1. The van der Waals surface area contributed by atoms with Gasteiger partial charge in [0.1, 0.15) is 0 Å². The molecule has 0 radical (unpaired) electrons. The van der Waals surface area contributed by atoms with Gasteiger partial charge in [0.25, 0.3) is 0 Å². The number of benzene rings is 1. The highest BCUT2D eigenvalue weighted by atomic mass is 16.5. The number of rotatable bonds is 6. The Labute approximate surface area is 126 Å². The maximum Gasteiger partial charge on any atom is 0.319 e. The average Bonchev–Trinajstić information content (AvgIpc) is 2.47. The molecule has 2 unspecified atom stereocenters. The van der Waals surface area contributed by atoms with Gasteiger partial charge in [-0.15, -0.1) is 0 Å². The monoisotopic (exact) mass is 292 g/mol. The molecular weight excluding hydrogens is 268 g/mol. The lowest BCUT2D eigenvalue weighted by Gasteiger charge is -2.20. The lowest BCUT2D eigenvalue weighted by molar-refractivity contribution is -0.148. The predicted molar refractivity (Wildman–Crippen MR) is 83.2 cm³/mol. The average molecular weight is 292 g/mol. The molecule has 0 aliphatic carbocycles. The van der Waals surface area contributed by atoms with Crippen LogP contribution in [0.2, 0.25) is 0 Å². The van der Waals surface area contributed by atoms with Crippen LogP contribution in [-0.2, 0) is 16.0 Å². The van der Waals surface area contributed by atoms with Crippen LogP contribution in [0.1, 0.15) is 33.3 Å². The highest BCUT2D eigenvalue weighted by molar-refractivity contribution is 5.90. The minimum atomic E-state index is -0.392. The number of nitrogens with one attached hydrogen (secondary N) is 2. The summed E-state index contributed by atoms with van der Waals surface area (Å²) >= 11 is 0. The number of esters is 1.